The van der Waals surface area contributed by atoms with Crippen LogP contribution in [0, 0.1) is 0 Å². The van der Waals surface area contributed by atoms with Crippen LogP contribution in [-0.2, 0) is 14.3 Å². The molecule has 0 aromatic carbocycles. The summed E-state index contributed by atoms with van der Waals surface area (Å²) in [7, 11) is 3.02. The van der Waals surface area contributed by atoms with E-state index >= 15 is 0 Å². The lowest BCUT2D eigenvalue weighted by Crippen LogP contribution is -2.46. The number of nitrogens with one attached hydrogen (secondary N) is 1. The number of ether oxygens (including phenoxy) is 1. The van der Waals surface area contributed by atoms with Gasteiger partial charge in [0.2, 0.25) is 11.8 Å². The lowest BCUT2D eigenvalue weighted by atomic mass is 10.1. The van der Waals surface area contributed by atoms with Crippen LogP contribution >= 0.6 is 0 Å². The largest absolute Gasteiger partial charge is 0.375 e. The molecule has 0 heterocycles. The Bertz CT molecular complexity index is 233. The van der Waals surface area contributed by atoms with Gasteiger partial charge in [-0.2, -0.15) is 0 Å². The second kappa shape index (κ2) is 5.70. The number of amides is 2. The summed E-state index contributed by atoms with van der Waals surface area (Å²) in [4.78, 5) is 24.0. The molecule has 0 aliphatic heterocycles. The van der Waals surface area contributed by atoms with Crippen LogP contribution in [0.2, 0.25) is 0 Å². The lowest BCUT2D eigenvalue weighted by molar-refractivity contribution is -0.138. The van der Waals surface area contributed by atoms with Crippen molar-refractivity contribution in [1.82, 2.24) is 10.2 Å². The molecule has 0 atom stereocenters. The molecule has 88 valence electrons. The molecule has 2 amide bonds. The fourth-order valence-electron chi connectivity index (χ4n) is 0.995. The van der Waals surface area contributed by atoms with Crippen molar-refractivity contribution in [1.29, 1.82) is 0 Å². The predicted octanol–water partition coefficient (Wildman–Crippen LogP) is 0.00590. The van der Waals surface area contributed by atoms with Crippen molar-refractivity contribution < 1.29 is 14.3 Å². The zero-order valence-corrected chi connectivity index (χ0v) is 10.1. The molecule has 0 fully saturated rings. The highest BCUT2D eigenvalue weighted by atomic mass is 16.5. The first-order valence-electron chi connectivity index (χ1n) is 4.80. The number of hydrogen-bond acceptors (Lipinski definition) is 3. The minimum Gasteiger partial charge on any atom is -0.375 e. The third-order valence-electron chi connectivity index (χ3n) is 1.59. The molecule has 5 heteroatoms. The summed E-state index contributed by atoms with van der Waals surface area (Å²) in [5, 5.41) is 2.77. The Labute approximate surface area is 90.8 Å². The number of nitrogens with zero attached hydrogens (tertiary/aromatic N) is 1. The van der Waals surface area contributed by atoms with Gasteiger partial charge in [0.25, 0.3) is 0 Å². The van der Waals surface area contributed by atoms with Gasteiger partial charge in [0.1, 0.15) is 6.61 Å². The van der Waals surface area contributed by atoms with Crippen LogP contribution in [0.5, 0.6) is 0 Å². The van der Waals surface area contributed by atoms with E-state index in [9.17, 15) is 9.59 Å². The fourth-order valence-corrected chi connectivity index (χ4v) is 0.995. The topological polar surface area (TPSA) is 58.6 Å². The zero-order valence-electron chi connectivity index (χ0n) is 10.1. The predicted molar refractivity (Wildman–Crippen MR) is 57.4 cm³/mol. The second-order valence-electron chi connectivity index (χ2n) is 4.48. The summed E-state index contributed by atoms with van der Waals surface area (Å²) < 4.78 is 4.68. The molecule has 5 nitrogen and oxygen atoms in total. The molecule has 0 aromatic heterocycles. The molecule has 0 unspecified atom stereocenters. The van der Waals surface area contributed by atoms with E-state index in [1.54, 1.807) is 7.05 Å². The molecule has 0 aliphatic rings. The van der Waals surface area contributed by atoms with E-state index in [4.69, 9.17) is 0 Å². The summed E-state index contributed by atoms with van der Waals surface area (Å²) in [6.45, 7) is 5.73. The van der Waals surface area contributed by atoms with Gasteiger partial charge in [0.15, 0.2) is 0 Å². The zero-order chi connectivity index (χ0) is 12.1. The first-order valence-corrected chi connectivity index (χ1v) is 4.80. The molecular weight excluding hydrogens is 196 g/mol. The molecular formula is C10H20N2O3. The van der Waals surface area contributed by atoms with Crippen molar-refractivity contribution in [2.45, 2.75) is 26.3 Å². The van der Waals surface area contributed by atoms with E-state index in [-0.39, 0.29) is 30.5 Å². The average Bonchev–Trinajstić information content (AvgIpc) is 2.00. The third-order valence-corrected chi connectivity index (χ3v) is 1.59. The Hall–Kier alpha value is -1.10. The van der Waals surface area contributed by atoms with Crippen molar-refractivity contribution in [3.8, 4) is 0 Å². The minimum atomic E-state index is -0.276. The molecule has 0 aliphatic carbocycles. The highest BCUT2D eigenvalue weighted by Crippen LogP contribution is 1.98. The van der Waals surface area contributed by atoms with Crippen molar-refractivity contribution in [3.63, 3.8) is 0 Å². The summed E-state index contributed by atoms with van der Waals surface area (Å²) in [5.74, 6) is -0.379. The van der Waals surface area contributed by atoms with Gasteiger partial charge in [-0.15, -0.1) is 0 Å². The Morgan fingerprint density at radius 1 is 1.33 bits per heavy atom. The van der Waals surface area contributed by atoms with Crippen LogP contribution in [0.25, 0.3) is 0 Å². The number of hydrogen-bond donors (Lipinski definition) is 1. The third kappa shape index (κ3) is 6.90. The Morgan fingerprint density at radius 2 is 1.87 bits per heavy atom. The van der Waals surface area contributed by atoms with Gasteiger partial charge < -0.3 is 15.0 Å². The van der Waals surface area contributed by atoms with Crippen molar-refractivity contribution in [3.05, 3.63) is 0 Å². The SMILES string of the molecule is COCC(=O)N(C)CC(=O)NC(C)(C)C. The minimum absolute atomic E-state index is 0.000697. The quantitative estimate of drug-likeness (QED) is 0.720. The lowest BCUT2D eigenvalue weighted by Gasteiger charge is -2.23. The van der Waals surface area contributed by atoms with E-state index in [0.29, 0.717) is 0 Å². The molecule has 0 radical (unpaired) electrons. The standard InChI is InChI=1S/C10H20N2O3/c1-10(2,3)11-8(13)6-12(4)9(14)7-15-5/h6-7H2,1-5H3,(H,11,13). The summed E-state index contributed by atoms with van der Waals surface area (Å²) >= 11 is 0. The van der Waals surface area contributed by atoms with Crippen LogP contribution in [0.15, 0.2) is 0 Å². The summed E-state index contributed by atoms with van der Waals surface area (Å²) in [5.41, 5.74) is -0.276. The maximum atomic E-state index is 11.4. The first kappa shape index (κ1) is 13.9. The van der Waals surface area contributed by atoms with Crippen molar-refractivity contribution >= 4 is 11.8 Å². The average molecular weight is 216 g/mol. The normalized spacial score (nSPS) is 11.0. The number of likely N-dealkylation sites (N-methyl/N-ethyl adjacent to an activating group) is 1. The van der Waals surface area contributed by atoms with Crippen molar-refractivity contribution in [2.75, 3.05) is 27.3 Å². The maximum absolute atomic E-state index is 11.4. The number of carbonyl (C=O) groups is 2. The van der Waals surface area contributed by atoms with Gasteiger partial charge >= 0.3 is 0 Å². The van der Waals surface area contributed by atoms with Crippen LogP contribution < -0.4 is 5.32 Å². The molecule has 0 aromatic rings. The first-order chi connectivity index (χ1) is 6.76. The van der Waals surface area contributed by atoms with Gasteiger partial charge in [-0.1, -0.05) is 0 Å². The number of rotatable bonds is 4. The molecule has 0 saturated heterocycles. The van der Waals surface area contributed by atoms with E-state index in [1.165, 1.54) is 12.0 Å². The van der Waals surface area contributed by atoms with Gasteiger partial charge in [-0.3, -0.25) is 9.59 Å². The molecule has 0 saturated carbocycles. The smallest absolute Gasteiger partial charge is 0.248 e. The van der Waals surface area contributed by atoms with E-state index in [1.807, 2.05) is 20.8 Å². The highest BCUT2D eigenvalue weighted by molar-refractivity contribution is 5.85. The van der Waals surface area contributed by atoms with Crippen LogP contribution in [-0.4, -0.2) is 49.6 Å². The molecule has 0 rings (SSSR count). The number of methoxy groups -OCH3 is 1. The molecule has 15 heavy (non-hydrogen) atoms. The molecule has 1 N–H and O–H groups in total. The van der Waals surface area contributed by atoms with E-state index < -0.39 is 0 Å². The molecule has 0 spiro atoms. The molecule has 0 bridgehead atoms. The van der Waals surface area contributed by atoms with Crippen LogP contribution in [0.3, 0.4) is 0 Å². The van der Waals surface area contributed by atoms with Gasteiger partial charge in [0.05, 0.1) is 6.54 Å². The van der Waals surface area contributed by atoms with Crippen molar-refractivity contribution in [2.24, 2.45) is 0 Å². The highest BCUT2D eigenvalue weighted by Gasteiger charge is 2.17. The van der Waals surface area contributed by atoms with Gasteiger partial charge in [-0.25, -0.2) is 0 Å². The second-order valence-corrected chi connectivity index (χ2v) is 4.48. The monoisotopic (exact) mass is 216 g/mol. The maximum Gasteiger partial charge on any atom is 0.248 e. The fraction of sp³-hybridized carbons (Fsp3) is 0.800. The van der Waals surface area contributed by atoms with E-state index in [2.05, 4.69) is 10.1 Å². The Kier molecular flexibility index (Phi) is 5.28. The summed E-state index contributed by atoms with van der Waals surface area (Å²) in [6, 6.07) is 0. The van der Waals surface area contributed by atoms with Crippen LogP contribution in [0.4, 0.5) is 0 Å². The Balaban J connectivity index is 4.02. The number of carbonyl (C=O) groups excluding carboxylic acids is 2. The van der Waals surface area contributed by atoms with Gasteiger partial charge in [-0.05, 0) is 20.8 Å². The van der Waals surface area contributed by atoms with Crippen LogP contribution in [0.1, 0.15) is 20.8 Å². The van der Waals surface area contributed by atoms with E-state index in [0.717, 1.165) is 0 Å². The summed E-state index contributed by atoms with van der Waals surface area (Å²) in [6.07, 6.45) is 0. The Morgan fingerprint density at radius 3 is 2.27 bits per heavy atom. The van der Waals surface area contributed by atoms with Gasteiger partial charge in [0, 0.05) is 19.7 Å².